The van der Waals surface area contributed by atoms with Crippen LogP contribution in [0.4, 0.5) is 10.2 Å². The molecule has 6 nitrogen and oxygen atoms in total. The van der Waals surface area contributed by atoms with E-state index in [-0.39, 0.29) is 11.4 Å². The molecule has 0 spiro atoms. The Hall–Kier alpha value is -2.96. The number of hydrogen-bond donors (Lipinski definition) is 2. The van der Waals surface area contributed by atoms with Gasteiger partial charge in [-0.05, 0) is 30.5 Å². The smallest absolute Gasteiger partial charge is 0.340 e. The minimum atomic E-state index is -0.731. The molecule has 0 aliphatic carbocycles. The van der Waals surface area contributed by atoms with Gasteiger partial charge in [0.2, 0.25) is 0 Å². The van der Waals surface area contributed by atoms with Crippen LogP contribution in [0.5, 0.6) is 0 Å². The van der Waals surface area contributed by atoms with Gasteiger partial charge in [-0.15, -0.1) is 0 Å². The zero-order valence-corrected chi connectivity index (χ0v) is 13.2. The molecule has 0 saturated carbocycles. The predicted octanol–water partition coefficient (Wildman–Crippen LogP) is 2.38. The summed E-state index contributed by atoms with van der Waals surface area (Å²) >= 11 is 0. The molecule has 0 fully saturated rings. The molecule has 3 rings (SSSR count). The molecule has 7 heteroatoms. The molecule has 0 radical (unpaired) electrons. The third-order valence-electron chi connectivity index (χ3n) is 3.82. The maximum atomic E-state index is 14.1. The quantitative estimate of drug-likeness (QED) is 0.841. The van der Waals surface area contributed by atoms with E-state index in [1.54, 1.807) is 12.3 Å². The van der Waals surface area contributed by atoms with Crippen molar-refractivity contribution in [1.29, 1.82) is 0 Å². The molecule has 0 amide bonds. The van der Waals surface area contributed by atoms with E-state index >= 15 is 0 Å². The molecular formula is C17H17FN4O2. The molecule has 24 heavy (non-hydrogen) atoms. The minimum absolute atomic E-state index is 0.136. The molecule has 1 aliphatic rings. The molecule has 0 bridgehead atoms. The van der Waals surface area contributed by atoms with Crippen LogP contribution in [0.2, 0.25) is 0 Å². The van der Waals surface area contributed by atoms with E-state index < -0.39 is 11.8 Å². The van der Waals surface area contributed by atoms with Gasteiger partial charge in [0.25, 0.3) is 0 Å². The van der Waals surface area contributed by atoms with Gasteiger partial charge in [-0.25, -0.2) is 19.2 Å². The number of aromatic nitrogens is 2. The van der Waals surface area contributed by atoms with Crippen LogP contribution in [0.3, 0.4) is 0 Å². The number of nitrogens with two attached hydrogens (primary N) is 1. The van der Waals surface area contributed by atoms with Crippen molar-refractivity contribution in [2.24, 2.45) is 0 Å². The van der Waals surface area contributed by atoms with E-state index in [1.165, 1.54) is 19.2 Å². The van der Waals surface area contributed by atoms with Gasteiger partial charge >= 0.3 is 5.97 Å². The second-order valence-electron chi connectivity index (χ2n) is 5.40. The minimum Gasteiger partial charge on any atom is -0.465 e. The number of esters is 1. The number of carbonyl (C=O) groups is 1. The van der Waals surface area contributed by atoms with Crippen molar-refractivity contribution in [3.8, 4) is 11.3 Å². The van der Waals surface area contributed by atoms with Crippen LogP contribution >= 0.6 is 0 Å². The van der Waals surface area contributed by atoms with Gasteiger partial charge in [0.1, 0.15) is 17.3 Å². The summed E-state index contributed by atoms with van der Waals surface area (Å²) in [6.45, 7) is 0.930. The van der Waals surface area contributed by atoms with Gasteiger partial charge in [-0.1, -0.05) is 6.07 Å². The number of nitrogen functional groups attached to an aromatic ring is 1. The van der Waals surface area contributed by atoms with E-state index in [1.807, 2.05) is 6.20 Å². The number of methoxy groups -OCH3 is 1. The van der Waals surface area contributed by atoms with Gasteiger partial charge in [-0.3, -0.25) is 0 Å². The summed E-state index contributed by atoms with van der Waals surface area (Å²) in [6.07, 6.45) is 5.42. The number of rotatable bonds is 3. The van der Waals surface area contributed by atoms with Crippen molar-refractivity contribution in [2.75, 3.05) is 19.4 Å². The number of halogens is 1. The molecule has 2 heterocycles. The molecule has 1 aromatic heterocycles. The van der Waals surface area contributed by atoms with Gasteiger partial charge in [-0.2, -0.15) is 0 Å². The SMILES string of the molecule is COC(=O)c1ccc(-c2nc(C3=CNCCC3)cnc2N)cc1F. The van der Waals surface area contributed by atoms with Crippen LogP contribution in [-0.4, -0.2) is 29.6 Å². The molecular weight excluding hydrogens is 311 g/mol. The Morgan fingerprint density at radius 1 is 1.42 bits per heavy atom. The highest BCUT2D eigenvalue weighted by molar-refractivity contribution is 5.90. The second-order valence-corrected chi connectivity index (χ2v) is 5.40. The Bertz CT molecular complexity index is 820. The first kappa shape index (κ1) is 15.9. The Labute approximate surface area is 138 Å². The van der Waals surface area contributed by atoms with Crippen molar-refractivity contribution in [2.45, 2.75) is 12.8 Å². The number of carbonyl (C=O) groups excluding carboxylic acids is 1. The fraction of sp³-hybridized carbons (Fsp3) is 0.235. The molecule has 1 aromatic carbocycles. The molecule has 0 atom stereocenters. The summed E-state index contributed by atoms with van der Waals surface area (Å²) in [5.41, 5.74) is 8.33. The van der Waals surface area contributed by atoms with E-state index in [4.69, 9.17) is 5.73 Å². The van der Waals surface area contributed by atoms with E-state index in [0.717, 1.165) is 25.0 Å². The normalized spacial score (nSPS) is 13.8. The standard InChI is InChI=1S/C17H17FN4O2/c1-24-17(23)12-5-4-10(7-13(12)18)15-16(19)21-9-14(22-15)11-3-2-6-20-8-11/h4-5,7-9,20H,2-3,6H2,1H3,(H2,19,21). The summed E-state index contributed by atoms with van der Waals surface area (Å²) in [4.78, 5) is 20.2. The van der Waals surface area contributed by atoms with Gasteiger partial charge < -0.3 is 15.8 Å². The Morgan fingerprint density at radius 2 is 2.25 bits per heavy atom. The van der Waals surface area contributed by atoms with Crippen molar-refractivity contribution in [3.63, 3.8) is 0 Å². The fourth-order valence-electron chi connectivity index (χ4n) is 2.55. The van der Waals surface area contributed by atoms with Gasteiger partial charge in [0.05, 0.1) is 24.6 Å². The largest absolute Gasteiger partial charge is 0.465 e. The molecule has 2 aromatic rings. The van der Waals surface area contributed by atoms with Gasteiger partial charge in [0.15, 0.2) is 0 Å². The summed E-state index contributed by atoms with van der Waals surface area (Å²) in [6, 6.07) is 4.14. The number of ether oxygens (including phenoxy) is 1. The Balaban J connectivity index is 2.01. The highest BCUT2D eigenvalue weighted by Crippen LogP contribution is 2.27. The second kappa shape index (κ2) is 6.66. The maximum absolute atomic E-state index is 14.1. The Morgan fingerprint density at radius 3 is 2.92 bits per heavy atom. The van der Waals surface area contributed by atoms with Crippen molar-refractivity contribution in [3.05, 3.63) is 47.7 Å². The molecule has 0 saturated heterocycles. The Kier molecular flexibility index (Phi) is 4.41. The number of nitrogens with zero attached hydrogens (tertiary/aromatic N) is 2. The molecule has 124 valence electrons. The first-order valence-electron chi connectivity index (χ1n) is 7.53. The van der Waals surface area contributed by atoms with Crippen LogP contribution in [0.1, 0.15) is 28.9 Å². The average Bonchev–Trinajstić information content (AvgIpc) is 2.62. The monoisotopic (exact) mass is 328 g/mol. The van der Waals surface area contributed by atoms with E-state index in [0.29, 0.717) is 17.0 Å². The molecule has 3 N–H and O–H groups in total. The van der Waals surface area contributed by atoms with Crippen molar-refractivity contribution in [1.82, 2.24) is 15.3 Å². The highest BCUT2D eigenvalue weighted by Gasteiger charge is 2.16. The van der Waals surface area contributed by atoms with Crippen LogP contribution < -0.4 is 11.1 Å². The zero-order valence-electron chi connectivity index (χ0n) is 13.2. The molecule has 1 aliphatic heterocycles. The zero-order chi connectivity index (χ0) is 17.1. The van der Waals surface area contributed by atoms with Crippen LogP contribution in [0, 0.1) is 5.82 Å². The summed E-state index contributed by atoms with van der Waals surface area (Å²) < 4.78 is 18.7. The van der Waals surface area contributed by atoms with Gasteiger partial charge in [0, 0.05) is 18.3 Å². The number of hydrogen-bond acceptors (Lipinski definition) is 6. The number of allylic oxidation sites excluding steroid dienone is 1. The summed E-state index contributed by atoms with van der Waals surface area (Å²) in [7, 11) is 1.20. The van der Waals surface area contributed by atoms with Crippen LogP contribution in [0.15, 0.2) is 30.6 Å². The first-order valence-corrected chi connectivity index (χ1v) is 7.53. The number of nitrogens with one attached hydrogen (secondary N) is 1. The maximum Gasteiger partial charge on any atom is 0.340 e. The topological polar surface area (TPSA) is 90.1 Å². The molecule has 0 unspecified atom stereocenters. The van der Waals surface area contributed by atoms with Crippen LogP contribution in [0.25, 0.3) is 16.8 Å². The number of anilines is 1. The van der Waals surface area contributed by atoms with E-state index in [2.05, 4.69) is 20.0 Å². The predicted molar refractivity (Wildman–Crippen MR) is 88.4 cm³/mol. The third-order valence-corrected chi connectivity index (χ3v) is 3.82. The lowest BCUT2D eigenvalue weighted by atomic mass is 10.0. The lowest BCUT2D eigenvalue weighted by molar-refractivity contribution is 0.0595. The van der Waals surface area contributed by atoms with Crippen molar-refractivity contribution < 1.29 is 13.9 Å². The average molecular weight is 328 g/mol. The van der Waals surface area contributed by atoms with Crippen LogP contribution in [-0.2, 0) is 4.74 Å². The third kappa shape index (κ3) is 3.05. The number of benzene rings is 1. The van der Waals surface area contributed by atoms with Crippen molar-refractivity contribution >= 4 is 17.4 Å². The summed E-state index contributed by atoms with van der Waals surface area (Å²) in [5.74, 6) is -1.22. The fourth-order valence-corrected chi connectivity index (χ4v) is 2.55. The highest BCUT2D eigenvalue weighted by atomic mass is 19.1. The van der Waals surface area contributed by atoms with E-state index in [9.17, 15) is 9.18 Å². The summed E-state index contributed by atoms with van der Waals surface area (Å²) in [5, 5.41) is 3.17. The lowest BCUT2D eigenvalue weighted by Gasteiger charge is -2.15. The first-order chi connectivity index (χ1) is 11.6. The lowest BCUT2D eigenvalue weighted by Crippen LogP contribution is -2.14.